The van der Waals surface area contributed by atoms with Crippen LogP contribution in [0.5, 0.6) is 5.88 Å². The minimum atomic E-state index is -0.466. The smallest absolute Gasteiger partial charge is 0.281 e. The van der Waals surface area contributed by atoms with Gasteiger partial charge in [0, 0.05) is 17.7 Å². The number of nitriles is 1. The number of terminal acetylenes is 1. The Kier molecular flexibility index (Phi) is 5.71. The lowest BCUT2D eigenvalue weighted by Crippen LogP contribution is -2.22. The summed E-state index contributed by atoms with van der Waals surface area (Å²) in [6, 6.07) is 8.75. The molecule has 1 aromatic carbocycles. The van der Waals surface area contributed by atoms with Crippen LogP contribution in [0.1, 0.15) is 36.5 Å². The topological polar surface area (TPSA) is 90.7 Å². The zero-order valence-corrected chi connectivity index (χ0v) is 14.2. The van der Waals surface area contributed by atoms with Crippen molar-refractivity contribution in [2.75, 3.05) is 0 Å². The summed E-state index contributed by atoms with van der Waals surface area (Å²) in [7, 11) is 0. The molecule has 0 fully saturated rings. The second-order valence-corrected chi connectivity index (χ2v) is 5.49. The average Bonchev–Trinajstić information content (AvgIpc) is 2.62. The molecule has 2 rings (SSSR count). The summed E-state index contributed by atoms with van der Waals surface area (Å²) in [4.78, 5) is 12.6. The molecule has 6 nitrogen and oxygen atoms in total. The van der Waals surface area contributed by atoms with E-state index in [2.05, 4.69) is 16.1 Å². The maximum absolute atomic E-state index is 12.6. The van der Waals surface area contributed by atoms with Crippen molar-refractivity contribution in [1.82, 2.24) is 4.57 Å². The number of aromatic nitrogens is 1. The average molecular weight is 334 g/mol. The summed E-state index contributed by atoms with van der Waals surface area (Å²) >= 11 is 0. The van der Waals surface area contributed by atoms with Gasteiger partial charge in [0.05, 0.1) is 5.69 Å². The zero-order valence-electron chi connectivity index (χ0n) is 14.2. The number of benzene rings is 1. The molecule has 1 heterocycles. The van der Waals surface area contributed by atoms with E-state index in [1.165, 1.54) is 4.57 Å². The van der Waals surface area contributed by atoms with Crippen LogP contribution in [-0.4, -0.2) is 9.67 Å². The Balaban J connectivity index is 2.52. The van der Waals surface area contributed by atoms with Crippen LogP contribution in [0.3, 0.4) is 0 Å². The quantitative estimate of drug-likeness (QED) is 0.663. The molecule has 0 aliphatic rings. The highest BCUT2D eigenvalue weighted by Crippen LogP contribution is 2.27. The third kappa shape index (κ3) is 3.76. The van der Waals surface area contributed by atoms with E-state index >= 15 is 0 Å². The Hall–Kier alpha value is -3.38. The lowest BCUT2D eigenvalue weighted by atomic mass is 10.1. The van der Waals surface area contributed by atoms with Crippen molar-refractivity contribution in [3.05, 3.63) is 51.3 Å². The Bertz CT molecular complexity index is 942. The standard InChI is InChI=1S/C19H18N4O2/c1-4-6-11-23-18(24)16(12-20)13(3)17(19(23)25)22-21-15-9-7-14(5-2)8-10-15/h2,7-10,24H,4,6,11H2,1,3H3. The first kappa shape index (κ1) is 18.0. The van der Waals surface area contributed by atoms with Crippen molar-refractivity contribution in [2.45, 2.75) is 33.2 Å². The molecule has 2 aromatic rings. The summed E-state index contributed by atoms with van der Waals surface area (Å²) in [5, 5.41) is 27.6. The first-order valence-electron chi connectivity index (χ1n) is 7.88. The molecule has 1 N–H and O–H groups in total. The summed E-state index contributed by atoms with van der Waals surface area (Å²) in [6.07, 6.45) is 6.85. The van der Waals surface area contributed by atoms with E-state index in [1.807, 2.05) is 13.0 Å². The number of hydrogen-bond acceptors (Lipinski definition) is 5. The van der Waals surface area contributed by atoms with Gasteiger partial charge in [-0.1, -0.05) is 19.3 Å². The van der Waals surface area contributed by atoms with Gasteiger partial charge in [-0.2, -0.15) is 10.4 Å². The monoisotopic (exact) mass is 334 g/mol. The molecule has 0 amide bonds. The van der Waals surface area contributed by atoms with E-state index in [0.29, 0.717) is 29.8 Å². The Labute approximate surface area is 146 Å². The first-order chi connectivity index (χ1) is 12.0. The number of hydrogen-bond donors (Lipinski definition) is 1. The molecule has 1 aromatic heterocycles. The van der Waals surface area contributed by atoms with Crippen LogP contribution >= 0.6 is 0 Å². The van der Waals surface area contributed by atoms with Gasteiger partial charge in [-0.25, -0.2) is 0 Å². The van der Waals surface area contributed by atoms with Crippen LogP contribution in [0, 0.1) is 30.6 Å². The van der Waals surface area contributed by atoms with Crippen molar-refractivity contribution in [2.24, 2.45) is 10.2 Å². The van der Waals surface area contributed by atoms with Crippen LogP contribution < -0.4 is 5.56 Å². The van der Waals surface area contributed by atoms with Crippen molar-refractivity contribution >= 4 is 11.4 Å². The van der Waals surface area contributed by atoms with E-state index in [0.717, 1.165) is 6.42 Å². The van der Waals surface area contributed by atoms with Crippen LogP contribution in [0.15, 0.2) is 39.3 Å². The van der Waals surface area contributed by atoms with Crippen LogP contribution in [0.2, 0.25) is 0 Å². The molecule has 0 radical (unpaired) electrons. The lowest BCUT2D eigenvalue weighted by molar-refractivity contribution is 0.399. The molecule has 0 spiro atoms. The SMILES string of the molecule is C#Cc1ccc(N=Nc2c(C)c(C#N)c(O)n(CCCC)c2=O)cc1. The fourth-order valence-corrected chi connectivity index (χ4v) is 2.31. The largest absolute Gasteiger partial charge is 0.493 e. The van der Waals surface area contributed by atoms with Gasteiger partial charge in [-0.15, -0.1) is 11.5 Å². The van der Waals surface area contributed by atoms with Crippen molar-refractivity contribution < 1.29 is 5.11 Å². The number of unbranched alkanes of at least 4 members (excludes halogenated alkanes) is 1. The number of aromatic hydroxyl groups is 1. The number of pyridine rings is 1. The lowest BCUT2D eigenvalue weighted by Gasteiger charge is -2.12. The summed E-state index contributed by atoms with van der Waals surface area (Å²) in [5.74, 6) is 2.18. The maximum Gasteiger partial charge on any atom is 0.281 e. The van der Waals surface area contributed by atoms with E-state index in [-0.39, 0.29) is 17.1 Å². The molecule has 0 unspecified atom stereocenters. The number of azo groups is 1. The van der Waals surface area contributed by atoms with Gasteiger partial charge in [-0.05, 0) is 37.6 Å². The molecule has 0 bridgehead atoms. The van der Waals surface area contributed by atoms with Crippen LogP contribution in [-0.2, 0) is 6.54 Å². The molecule has 0 aliphatic heterocycles. The molecule has 0 saturated heterocycles. The molecular weight excluding hydrogens is 316 g/mol. The van der Waals surface area contributed by atoms with Crippen molar-refractivity contribution in [1.29, 1.82) is 5.26 Å². The highest BCUT2D eigenvalue weighted by Gasteiger charge is 2.18. The summed E-state index contributed by atoms with van der Waals surface area (Å²) < 4.78 is 1.17. The first-order valence-corrected chi connectivity index (χ1v) is 7.88. The highest BCUT2D eigenvalue weighted by molar-refractivity contribution is 5.56. The van der Waals surface area contributed by atoms with E-state index in [9.17, 15) is 15.2 Å². The maximum atomic E-state index is 12.6. The predicted molar refractivity (Wildman–Crippen MR) is 95.3 cm³/mol. The van der Waals surface area contributed by atoms with Gasteiger partial charge >= 0.3 is 0 Å². The molecule has 0 atom stereocenters. The van der Waals surface area contributed by atoms with Crippen molar-refractivity contribution in [3.8, 4) is 24.3 Å². The van der Waals surface area contributed by atoms with Gasteiger partial charge in [0.2, 0.25) is 5.88 Å². The van der Waals surface area contributed by atoms with Gasteiger partial charge in [0.15, 0.2) is 5.69 Å². The minimum Gasteiger partial charge on any atom is -0.493 e. The van der Waals surface area contributed by atoms with E-state index in [1.54, 1.807) is 31.2 Å². The Morgan fingerprint density at radius 3 is 2.52 bits per heavy atom. The third-order valence-electron chi connectivity index (χ3n) is 3.80. The molecule has 0 aliphatic carbocycles. The fourth-order valence-electron chi connectivity index (χ4n) is 2.31. The Morgan fingerprint density at radius 1 is 1.28 bits per heavy atom. The van der Waals surface area contributed by atoms with Gasteiger partial charge in [-0.3, -0.25) is 9.36 Å². The summed E-state index contributed by atoms with van der Waals surface area (Å²) in [5.41, 5.74) is 1.17. The van der Waals surface area contributed by atoms with Crippen LogP contribution in [0.25, 0.3) is 0 Å². The molecule has 6 heteroatoms. The highest BCUT2D eigenvalue weighted by atomic mass is 16.3. The van der Waals surface area contributed by atoms with Crippen molar-refractivity contribution in [3.63, 3.8) is 0 Å². The second-order valence-electron chi connectivity index (χ2n) is 5.49. The molecule has 25 heavy (non-hydrogen) atoms. The zero-order chi connectivity index (χ0) is 18.4. The molecular formula is C19H18N4O2. The minimum absolute atomic E-state index is 0.0346. The molecule has 126 valence electrons. The van der Waals surface area contributed by atoms with Crippen LogP contribution in [0.4, 0.5) is 11.4 Å². The van der Waals surface area contributed by atoms with E-state index in [4.69, 9.17) is 6.42 Å². The fraction of sp³-hybridized carbons (Fsp3) is 0.263. The Morgan fingerprint density at radius 2 is 1.96 bits per heavy atom. The van der Waals surface area contributed by atoms with Gasteiger partial charge in [0.1, 0.15) is 11.6 Å². The van der Waals surface area contributed by atoms with Gasteiger partial charge < -0.3 is 5.11 Å². The van der Waals surface area contributed by atoms with E-state index < -0.39 is 5.56 Å². The normalized spacial score (nSPS) is 10.6. The summed E-state index contributed by atoms with van der Waals surface area (Å²) in [6.45, 7) is 3.86. The molecule has 0 saturated carbocycles. The predicted octanol–water partition coefficient (Wildman–Crippen LogP) is 3.93. The second kappa shape index (κ2) is 7.94. The number of rotatable bonds is 5. The van der Waals surface area contributed by atoms with Gasteiger partial charge in [0.25, 0.3) is 5.56 Å². The number of nitrogens with zero attached hydrogens (tertiary/aromatic N) is 4. The third-order valence-corrected chi connectivity index (χ3v) is 3.80.